The first kappa shape index (κ1) is 12.5. The van der Waals surface area contributed by atoms with Gasteiger partial charge in [-0.05, 0) is 19.1 Å². The Labute approximate surface area is 83.2 Å². The molecule has 0 saturated heterocycles. The fraction of sp³-hybridized carbons (Fsp3) is 0.667. The van der Waals surface area contributed by atoms with E-state index in [0.29, 0.717) is 17.9 Å². The molecule has 1 N–H and O–H groups in total. The van der Waals surface area contributed by atoms with Gasteiger partial charge in [-0.15, -0.1) is 0 Å². The molecule has 0 rings (SSSR count). The van der Waals surface area contributed by atoms with Crippen LogP contribution in [0.3, 0.4) is 0 Å². The third-order valence-corrected chi connectivity index (χ3v) is 2.42. The molecule has 0 radical (unpaired) electrons. The van der Waals surface area contributed by atoms with Crippen molar-refractivity contribution in [2.45, 2.75) is 13.3 Å². The van der Waals surface area contributed by atoms with Crippen molar-refractivity contribution in [1.82, 2.24) is 0 Å². The molecule has 0 atom stereocenters. The molecule has 0 bridgehead atoms. The van der Waals surface area contributed by atoms with E-state index < -0.39 is 0 Å². The maximum atomic E-state index is 11.0. The summed E-state index contributed by atoms with van der Waals surface area (Å²) in [6.07, 6.45) is 0.751. The molecule has 0 heterocycles. The smallest absolute Gasteiger partial charge is 0.334 e. The molecule has 0 aliphatic carbocycles. The highest BCUT2D eigenvalue weighted by Crippen LogP contribution is 2.08. The van der Waals surface area contributed by atoms with Crippen LogP contribution in [-0.2, 0) is 9.53 Å². The molecule has 0 fully saturated rings. The summed E-state index contributed by atoms with van der Waals surface area (Å²) in [5, 5.41) is 8.50. The van der Waals surface area contributed by atoms with Crippen LogP contribution in [0.1, 0.15) is 13.3 Å². The lowest BCUT2D eigenvalue weighted by Gasteiger charge is -2.04. The molecule has 0 aliphatic rings. The summed E-state index contributed by atoms with van der Waals surface area (Å²) in [5.41, 5.74) is 0.491. The van der Waals surface area contributed by atoms with E-state index >= 15 is 0 Å². The van der Waals surface area contributed by atoms with Gasteiger partial charge < -0.3 is 9.84 Å². The highest BCUT2D eigenvalue weighted by atomic mass is 32.2. The zero-order valence-electron chi connectivity index (χ0n) is 7.91. The fourth-order valence-electron chi connectivity index (χ4n) is 0.654. The van der Waals surface area contributed by atoms with Crippen LogP contribution in [0, 0.1) is 0 Å². The lowest BCUT2D eigenvalue weighted by Crippen LogP contribution is -2.08. The van der Waals surface area contributed by atoms with Crippen LogP contribution in [0.4, 0.5) is 0 Å². The van der Waals surface area contributed by atoms with Crippen molar-refractivity contribution in [1.29, 1.82) is 0 Å². The van der Waals surface area contributed by atoms with Crippen molar-refractivity contribution in [3.05, 3.63) is 12.2 Å². The Bertz CT molecular complexity index is 168. The third-order valence-electron chi connectivity index (χ3n) is 1.29. The van der Waals surface area contributed by atoms with Gasteiger partial charge in [-0.3, -0.25) is 0 Å². The van der Waals surface area contributed by atoms with Gasteiger partial charge in [0.25, 0.3) is 0 Å². The second kappa shape index (κ2) is 8.13. The number of carbonyl (C=O) groups is 1. The summed E-state index contributed by atoms with van der Waals surface area (Å²) in [6.45, 7) is 5.96. The third kappa shape index (κ3) is 6.66. The Morgan fingerprint density at radius 3 is 2.85 bits per heavy atom. The molecular formula is C9H16O3S. The van der Waals surface area contributed by atoms with Crippen molar-refractivity contribution < 1.29 is 14.6 Å². The molecule has 13 heavy (non-hydrogen) atoms. The number of hydrogen-bond donors (Lipinski definition) is 1. The molecule has 0 amide bonds. The van der Waals surface area contributed by atoms with Gasteiger partial charge in [0, 0.05) is 17.9 Å². The van der Waals surface area contributed by atoms with Gasteiger partial charge >= 0.3 is 5.97 Å². The summed E-state index contributed by atoms with van der Waals surface area (Å²) in [4.78, 5) is 11.0. The lowest BCUT2D eigenvalue weighted by molar-refractivity contribution is -0.138. The zero-order valence-corrected chi connectivity index (χ0v) is 8.73. The number of aliphatic hydroxyl groups is 1. The first-order chi connectivity index (χ1) is 6.22. The van der Waals surface area contributed by atoms with Crippen LogP contribution in [0.2, 0.25) is 0 Å². The van der Waals surface area contributed by atoms with Crippen LogP contribution in [0.5, 0.6) is 0 Å². The predicted molar refractivity (Wildman–Crippen MR) is 54.8 cm³/mol. The molecule has 0 aliphatic heterocycles. The maximum absolute atomic E-state index is 11.0. The summed E-state index contributed by atoms with van der Waals surface area (Å²) in [6, 6.07) is 0. The predicted octanol–water partition coefficient (Wildman–Crippen LogP) is 1.22. The van der Waals surface area contributed by atoms with Crippen LogP contribution in [0.25, 0.3) is 0 Å². The van der Waals surface area contributed by atoms with E-state index in [0.717, 1.165) is 12.2 Å². The Hall–Kier alpha value is -0.480. The zero-order chi connectivity index (χ0) is 10.1. The number of hydrogen-bond acceptors (Lipinski definition) is 4. The Balaban J connectivity index is 3.44. The van der Waals surface area contributed by atoms with Gasteiger partial charge in [-0.25, -0.2) is 4.79 Å². The van der Waals surface area contributed by atoms with E-state index in [9.17, 15) is 4.79 Å². The number of thioether (sulfide) groups is 1. The normalized spacial score (nSPS) is 9.69. The second-order valence-electron chi connectivity index (χ2n) is 2.45. The van der Waals surface area contributed by atoms with E-state index in [1.165, 1.54) is 0 Å². The minimum Gasteiger partial charge on any atom is -0.463 e. The topological polar surface area (TPSA) is 46.5 Å². The minimum atomic E-state index is -0.320. The quantitative estimate of drug-likeness (QED) is 0.385. The van der Waals surface area contributed by atoms with Crippen molar-refractivity contribution in [3.8, 4) is 0 Å². The second-order valence-corrected chi connectivity index (χ2v) is 3.56. The minimum absolute atomic E-state index is 0.193. The summed E-state index contributed by atoms with van der Waals surface area (Å²) in [5.74, 6) is 1.10. The van der Waals surface area contributed by atoms with E-state index in [4.69, 9.17) is 9.84 Å². The van der Waals surface area contributed by atoms with Gasteiger partial charge in [0.2, 0.25) is 0 Å². The highest BCUT2D eigenvalue weighted by Gasteiger charge is 2.06. The van der Waals surface area contributed by atoms with Crippen LogP contribution >= 0.6 is 11.8 Å². The van der Waals surface area contributed by atoms with Crippen LogP contribution in [0.15, 0.2) is 12.2 Å². The van der Waals surface area contributed by atoms with Crippen molar-refractivity contribution >= 4 is 17.7 Å². The molecule has 0 aromatic rings. The molecule has 0 aromatic heterocycles. The molecule has 0 spiro atoms. The van der Waals surface area contributed by atoms with E-state index in [-0.39, 0.29) is 12.6 Å². The van der Waals surface area contributed by atoms with Gasteiger partial charge in [0.05, 0.1) is 6.61 Å². The average molecular weight is 204 g/mol. The summed E-state index contributed by atoms with van der Waals surface area (Å²) in [7, 11) is 0. The van der Waals surface area contributed by atoms with Crippen molar-refractivity contribution in [2.75, 3.05) is 24.7 Å². The molecule has 0 unspecified atom stereocenters. The van der Waals surface area contributed by atoms with Gasteiger partial charge in [-0.1, -0.05) is 6.58 Å². The highest BCUT2D eigenvalue weighted by molar-refractivity contribution is 7.99. The van der Waals surface area contributed by atoms with E-state index in [1.54, 1.807) is 18.7 Å². The Kier molecular flexibility index (Phi) is 7.83. The molecule has 4 heteroatoms. The number of ether oxygens (including phenoxy) is 1. The van der Waals surface area contributed by atoms with Crippen molar-refractivity contribution in [3.63, 3.8) is 0 Å². The van der Waals surface area contributed by atoms with Gasteiger partial charge in [-0.2, -0.15) is 11.8 Å². The summed E-state index contributed by atoms with van der Waals surface area (Å²) < 4.78 is 4.76. The standard InChI is InChI=1S/C9H16O3S/c1-3-12-9(11)8(2)7-13-6-4-5-10/h10H,2-7H2,1H3. The number of esters is 1. The molecule has 3 nitrogen and oxygen atoms in total. The fourth-order valence-corrected chi connectivity index (χ4v) is 1.50. The molecule has 0 aromatic carbocycles. The van der Waals surface area contributed by atoms with E-state index in [2.05, 4.69) is 6.58 Å². The number of aliphatic hydroxyl groups excluding tert-OH is 1. The van der Waals surface area contributed by atoms with E-state index in [1.807, 2.05) is 0 Å². The van der Waals surface area contributed by atoms with Gasteiger partial charge in [0.1, 0.15) is 0 Å². The van der Waals surface area contributed by atoms with Crippen molar-refractivity contribution in [2.24, 2.45) is 0 Å². The molecule has 0 saturated carbocycles. The number of rotatable bonds is 7. The first-order valence-electron chi connectivity index (χ1n) is 4.25. The summed E-state index contributed by atoms with van der Waals surface area (Å²) >= 11 is 1.58. The lowest BCUT2D eigenvalue weighted by atomic mass is 10.4. The van der Waals surface area contributed by atoms with Crippen LogP contribution in [-0.4, -0.2) is 35.8 Å². The maximum Gasteiger partial charge on any atom is 0.334 e. The largest absolute Gasteiger partial charge is 0.463 e. The molecular weight excluding hydrogens is 188 g/mol. The Morgan fingerprint density at radius 2 is 2.31 bits per heavy atom. The number of carbonyl (C=O) groups excluding carboxylic acids is 1. The monoisotopic (exact) mass is 204 g/mol. The van der Waals surface area contributed by atoms with Gasteiger partial charge in [0.15, 0.2) is 0 Å². The van der Waals surface area contributed by atoms with Crippen LogP contribution < -0.4 is 0 Å². The SMILES string of the molecule is C=C(CSCCCO)C(=O)OCC. The molecule has 76 valence electrons. The Morgan fingerprint density at radius 1 is 1.62 bits per heavy atom. The first-order valence-corrected chi connectivity index (χ1v) is 5.41. The average Bonchev–Trinajstić information content (AvgIpc) is 2.12.